The molecule has 100 valence electrons. The summed E-state index contributed by atoms with van der Waals surface area (Å²) in [5.41, 5.74) is 0.245. The van der Waals surface area contributed by atoms with Crippen LogP contribution < -0.4 is 4.90 Å². The number of aromatic carboxylic acids is 1. The molecule has 0 amide bonds. The topological polar surface area (TPSA) is 66.3 Å². The summed E-state index contributed by atoms with van der Waals surface area (Å²) in [5, 5.41) is 18.1. The summed E-state index contributed by atoms with van der Waals surface area (Å²) < 4.78 is 1.27. The van der Waals surface area contributed by atoms with Crippen LogP contribution in [0.5, 0.6) is 0 Å². The van der Waals surface area contributed by atoms with Gasteiger partial charge in [0.05, 0.1) is 5.56 Å². The SMILES string of the molecule is CN(C)c1nnc(Sc2cccc(Br)c2C(=O)O)s1. The maximum absolute atomic E-state index is 11.3. The number of carbonyl (C=O) groups is 1. The molecule has 19 heavy (non-hydrogen) atoms. The van der Waals surface area contributed by atoms with E-state index in [9.17, 15) is 9.90 Å². The number of carboxylic acid groups (broad SMARTS) is 1. The van der Waals surface area contributed by atoms with E-state index in [2.05, 4.69) is 26.1 Å². The monoisotopic (exact) mass is 359 g/mol. The number of carboxylic acids is 1. The number of rotatable bonds is 4. The number of hydrogen-bond acceptors (Lipinski definition) is 6. The van der Waals surface area contributed by atoms with Gasteiger partial charge in [-0.1, -0.05) is 29.2 Å². The Kier molecular flexibility index (Phi) is 4.43. The van der Waals surface area contributed by atoms with Crippen LogP contribution in [0.1, 0.15) is 10.4 Å². The first kappa shape index (κ1) is 14.3. The lowest BCUT2D eigenvalue weighted by molar-refractivity contribution is 0.0692. The lowest BCUT2D eigenvalue weighted by Gasteiger charge is -2.05. The summed E-state index contributed by atoms with van der Waals surface area (Å²) in [6, 6.07) is 5.27. The van der Waals surface area contributed by atoms with E-state index >= 15 is 0 Å². The summed E-state index contributed by atoms with van der Waals surface area (Å²) in [4.78, 5) is 13.8. The third kappa shape index (κ3) is 3.26. The zero-order valence-electron chi connectivity index (χ0n) is 10.1. The lowest BCUT2D eigenvalue weighted by Crippen LogP contribution is -2.07. The van der Waals surface area contributed by atoms with Gasteiger partial charge < -0.3 is 10.0 Å². The Balaban J connectivity index is 2.32. The first-order valence-electron chi connectivity index (χ1n) is 5.19. The van der Waals surface area contributed by atoms with Gasteiger partial charge in [0, 0.05) is 23.5 Å². The Morgan fingerprint density at radius 3 is 2.74 bits per heavy atom. The normalized spacial score (nSPS) is 10.5. The van der Waals surface area contributed by atoms with Crippen LogP contribution in [0.4, 0.5) is 5.13 Å². The van der Waals surface area contributed by atoms with Gasteiger partial charge in [0.25, 0.3) is 0 Å². The molecule has 8 heteroatoms. The van der Waals surface area contributed by atoms with Crippen LogP contribution in [0.2, 0.25) is 0 Å². The molecule has 1 N–H and O–H groups in total. The van der Waals surface area contributed by atoms with E-state index in [1.807, 2.05) is 19.0 Å². The predicted molar refractivity (Wildman–Crippen MR) is 79.5 cm³/mol. The summed E-state index contributed by atoms with van der Waals surface area (Å²) in [5.74, 6) is -0.965. The van der Waals surface area contributed by atoms with Gasteiger partial charge in [0.1, 0.15) is 0 Å². The highest BCUT2D eigenvalue weighted by atomic mass is 79.9. The van der Waals surface area contributed by atoms with E-state index in [1.54, 1.807) is 18.2 Å². The minimum Gasteiger partial charge on any atom is -0.478 e. The molecule has 0 fully saturated rings. The van der Waals surface area contributed by atoms with Gasteiger partial charge in [-0.25, -0.2) is 4.79 Å². The predicted octanol–water partition coefficient (Wildman–Crippen LogP) is 3.22. The molecule has 1 aromatic carbocycles. The number of aromatic nitrogens is 2. The Bertz CT molecular complexity index is 616. The minimum absolute atomic E-state index is 0.245. The fourth-order valence-electron chi connectivity index (χ4n) is 1.32. The molecule has 1 aromatic heterocycles. The molecule has 0 aliphatic heterocycles. The average Bonchev–Trinajstić information content (AvgIpc) is 2.77. The second-order valence-corrected chi connectivity index (χ2v) is 6.86. The van der Waals surface area contributed by atoms with Crippen molar-refractivity contribution >= 4 is 50.1 Å². The van der Waals surface area contributed by atoms with Crippen LogP contribution in [0.25, 0.3) is 0 Å². The Morgan fingerprint density at radius 2 is 2.16 bits per heavy atom. The van der Waals surface area contributed by atoms with Crippen molar-refractivity contribution in [3.8, 4) is 0 Å². The van der Waals surface area contributed by atoms with Crippen molar-refractivity contribution in [1.82, 2.24) is 10.2 Å². The van der Waals surface area contributed by atoms with Crippen LogP contribution in [-0.2, 0) is 0 Å². The fraction of sp³-hybridized carbons (Fsp3) is 0.182. The van der Waals surface area contributed by atoms with E-state index in [0.29, 0.717) is 13.7 Å². The van der Waals surface area contributed by atoms with Crippen molar-refractivity contribution < 1.29 is 9.90 Å². The van der Waals surface area contributed by atoms with E-state index in [0.717, 1.165) is 5.13 Å². The third-order valence-corrected chi connectivity index (χ3v) is 5.03. The van der Waals surface area contributed by atoms with E-state index in [-0.39, 0.29) is 5.56 Å². The molecule has 0 atom stereocenters. The maximum atomic E-state index is 11.3. The van der Waals surface area contributed by atoms with Gasteiger partial charge in [-0.05, 0) is 28.1 Å². The highest BCUT2D eigenvalue weighted by molar-refractivity contribution is 9.10. The van der Waals surface area contributed by atoms with Gasteiger partial charge >= 0.3 is 5.97 Å². The van der Waals surface area contributed by atoms with Gasteiger partial charge in [-0.15, -0.1) is 10.2 Å². The van der Waals surface area contributed by atoms with Crippen molar-refractivity contribution in [2.45, 2.75) is 9.24 Å². The molecule has 0 aliphatic carbocycles. The quantitative estimate of drug-likeness (QED) is 0.903. The fourth-order valence-corrected chi connectivity index (χ4v) is 3.86. The molecule has 0 unspecified atom stereocenters. The first-order valence-corrected chi connectivity index (χ1v) is 7.62. The number of anilines is 1. The maximum Gasteiger partial charge on any atom is 0.338 e. The second kappa shape index (κ2) is 5.89. The Morgan fingerprint density at radius 1 is 1.42 bits per heavy atom. The van der Waals surface area contributed by atoms with E-state index < -0.39 is 5.97 Å². The van der Waals surface area contributed by atoms with Crippen LogP contribution in [0.3, 0.4) is 0 Å². The molecule has 0 radical (unpaired) electrons. The van der Waals surface area contributed by atoms with Gasteiger partial charge in [-0.3, -0.25) is 0 Å². The second-order valence-electron chi connectivity index (χ2n) is 3.77. The van der Waals surface area contributed by atoms with E-state index in [1.165, 1.54) is 23.1 Å². The number of benzene rings is 1. The molecule has 5 nitrogen and oxygen atoms in total. The molecule has 0 saturated carbocycles. The van der Waals surface area contributed by atoms with Crippen LogP contribution in [-0.4, -0.2) is 35.4 Å². The minimum atomic E-state index is -0.965. The molecular formula is C11H10BrN3O2S2. The molecule has 0 bridgehead atoms. The zero-order chi connectivity index (χ0) is 14.0. The zero-order valence-corrected chi connectivity index (χ0v) is 13.3. The van der Waals surface area contributed by atoms with Crippen molar-refractivity contribution in [2.75, 3.05) is 19.0 Å². The van der Waals surface area contributed by atoms with Crippen LogP contribution in [0.15, 0.2) is 31.9 Å². The first-order chi connectivity index (χ1) is 8.99. The molecule has 0 aliphatic rings. The van der Waals surface area contributed by atoms with E-state index in [4.69, 9.17) is 0 Å². The summed E-state index contributed by atoms with van der Waals surface area (Å²) >= 11 is 5.98. The largest absolute Gasteiger partial charge is 0.478 e. The van der Waals surface area contributed by atoms with Gasteiger partial charge in [-0.2, -0.15) is 0 Å². The standard InChI is InChI=1S/C11H10BrN3O2S2/c1-15(2)10-13-14-11(19-10)18-7-5-3-4-6(12)8(7)9(16)17/h3-5H,1-2H3,(H,16,17). The third-order valence-electron chi connectivity index (χ3n) is 2.16. The highest BCUT2D eigenvalue weighted by Crippen LogP contribution is 2.36. The Hall–Kier alpha value is -1.12. The van der Waals surface area contributed by atoms with Gasteiger partial charge in [0.15, 0.2) is 4.34 Å². The molecule has 2 rings (SSSR count). The molecule has 0 spiro atoms. The summed E-state index contributed by atoms with van der Waals surface area (Å²) in [6.07, 6.45) is 0. The highest BCUT2D eigenvalue weighted by Gasteiger charge is 2.16. The molecule has 1 heterocycles. The van der Waals surface area contributed by atoms with Crippen LogP contribution >= 0.6 is 39.0 Å². The van der Waals surface area contributed by atoms with Crippen molar-refractivity contribution in [3.63, 3.8) is 0 Å². The van der Waals surface area contributed by atoms with Crippen molar-refractivity contribution in [2.24, 2.45) is 0 Å². The molecule has 2 aromatic rings. The van der Waals surface area contributed by atoms with Crippen molar-refractivity contribution in [1.29, 1.82) is 0 Å². The summed E-state index contributed by atoms with van der Waals surface area (Å²) in [6.45, 7) is 0. The Labute approximate surface area is 126 Å². The average molecular weight is 360 g/mol. The molecular weight excluding hydrogens is 350 g/mol. The summed E-state index contributed by atoms with van der Waals surface area (Å²) in [7, 11) is 3.77. The van der Waals surface area contributed by atoms with Crippen LogP contribution in [0, 0.1) is 0 Å². The number of halogens is 1. The number of nitrogens with zero attached hydrogens (tertiary/aromatic N) is 3. The smallest absolute Gasteiger partial charge is 0.338 e. The van der Waals surface area contributed by atoms with Gasteiger partial charge in [0.2, 0.25) is 5.13 Å². The lowest BCUT2D eigenvalue weighted by atomic mass is 10.2. The number of hydrogen-bond donors (Lipinski definition) is 1. The van der Waals surface area contributed by atoms with Crippen molar-refractivity contribution in [3.05, 3.63) is 28.2 Å². The molecule has 0 saturated heterocycles.